The highest BCUT2D eigenvalue weighted by molar-refractivity contribution is 5.92. The summed E-state index contributed by atoms with van der Waals surface area (Å²) in [5.41, 5.74) is 1.30. The molecule has 1 aliphatic rings. The fraction of sp³-hybridized carbons (Fsp3) is 0.467. The zero-order valence-electron chi connectivity index (χ0n) is 13.0. The van der Waals surface area contributed by atoms with Crippen LogP contribution in [-0.2, 0) is 17.9 Å². The molecule has 0 aliphatic carbocycles. The van der Waals surface area contributed by atoms with Crippen molar-refractivity contribution in [2.75, 3.05) is 13.7 Å². The standard InChI is InChI=1S/C15H19N5O2/c1-10-5-4-6-12(16-10)15(21)19-7-8-20-13(9-22-3)17-18-14(20)11(19)2/h4-6,11H,7-9H2,1-3H3/t11-/m1/s1. The van der Waals surface area contributed by atoms with Crippen molar-refractivity contribution in [2.24, 2.45) is 0 Å². The largest absolute Gasteiger partial charge is 0.377 e. The number of carbonyl (C=O) groups excluding carboxylic acids is 1. The maximum Gasteiger partial charge on any atom is 0.273 e. The van der Waals surface area contributed by atoms with E-state index >= 15 is 0 Å². The lowest BCUT2D eigenvalue weighted by Crippen LogP contribution is -2.41. The first kappa shape index (κ1) is 14.6. The van der Waals surface area contributed by atoms with Crippen molar-refractivity contribution in [2.45, 2.75) is 33.0 Å². The Kier molecular flexibility index (Phi) is 3.89. The van der Waals surface area contributed by atoms with Gasteiger partial charge in [0, 0.05) is 25.9 Å². The smallest absolute Gasteiger partial charge is 0.273 e. The highest BCUT2D eigenvalue weighted by Crippen LogP contribution is 2.25. The molecule has 0 N–H and O–H groups in total. The number of amides is 1. The molecule has 0 aromatic carbocycles. The van der Waals surface area contributed by atoms with Gasteiger partial charge < -0.3 is 14.2 Å². The molecular weight excluding hydrogens is 282 g/mol. The van der Waals surface area contributed by atoms with Gasteiger partial charge in [-0.2, -0.15) is 0 Å². The quantitative estimate of drug-likeness (QED) is 0.855. The average Bonchev–Trinajstić information content (AvgIpc) is 2.92. The van der Waals surface area contributed by atoms with Crippen LogP contribution in [-0.4, -0.2) is 44.2 Å². The fourth-order valence-electron chi connectivity index (χ4n) is 2.77. The van der Waals surface area contributed by atoms with Crippen LogP contribution in [0.3, 0.4) is 0 Å². The summed E-state index contributed by atoms with van der Waals surface area (Å²) in [6.07, 6.45) is 0. The maximum atomic E-state index is 12.7. The lowest BCUT2D eigenvalue weighted by atomic mass is 10.1. The second-order valence-corrected chi connectivity index (χ2v) is 5.40. The number of ether oxygens (including phenoxy) is 1. The Labute approximate surface area is 128 Å². The third-order valence-electron chi connectivity index (χ3n) is 3.90. The summed E-state index contributed by atoms with van der Waals surface area (Å²) in [7, 11) is 1.63. The molecule has 1 atom stereocenters. The van der Waals surface area contributed by atoms with Gasteiger partial charge in [0.05, 0.1) is 6.04 Å². The van der Waals surface area contributed by atoms with Gasteiger partial charge in [0.1, 0.15) is 12.3 Å². The van der Waals surface area contributed by atoms with E-state index in [-0.39, 0.29) is 11.9 Å². The topological polar surface area (TPSA) is 73.1 Å². The molecule has 1 aliphatic heterocycles. The molecule has 0 fully saturated rings. The van der Waals surface area contributed by atoms with Crippen LogP contribution in [0.5, 0.6) is 0 Å². The first-order valence-corrected chi connectivity index (χ1v) is 7.27. The van der Waals surface area contributed by atoms with Gasteiger partial charge in [-0.25, -0.2) is 4.98 Å². The van der Waals surface area contributed by atoms with Crippen molar-refractivity contribution in [3.8, 4) is 0 Å². The van der Waals surface area contributed by atoms with Crippen molar-refractivity contribution in [1.29, 1.82) is 0 Å². The Morgan fingerprint density at radius 1 is 1.36 bits per heavy atom. The average molecular weight is 301 g/mol. The Morgan fingerprint density at radius 3 is 2.91 bits per heavy atom. The minimum atomic E-state index is -0.137. The van der Waals surface area contributed by atoms with Crippen molar-refractivity contribution < 1.29 is 9.53 Å². The molecule has 0 bridgehead atoms. The SMILES string of the molecule is COCc1nnc2n1CCN(C(=O)c1cccc(C)n1)[C@@H]2C. The number of methoxy groups -OCH3 is 1. The van der Waals surface area contributed by atoms with Gasteiger partial charge in [0.25, 0.3) is 5.91 Å². The van der Waals surface area contributed by atoms with Crippen LogP contribution in [0.1, 0.15) is 40.8 Å². The van der Waals surface area contributed by atoms with Crippen LogP contribution in [0.2, 0.25) is 0 Å². The van der Waals surface area contributed by atoms with Crippen LogP contribution < -0.4 is 0 Å². The normalized spacial score (nSPS) is 17.4. The molecule has 0 saturated carbocycles. The molecule has 0 radical (unpaired) electrons. The number of rotatable bonds is 3. The Morgan fingerprint density at radius 2 is 2.18 bits per heavy atom. The van der Waals surface area contributed by atoms with E-state index in [0.29, 0.717) is 25.4 Å². The number of hydrogen-bond acceptors (Lipinski definition) is 5. The van der Waals surface area contributed by atoms with E-state index in [1.165, 1.54) is 0 Å². The highest BCUT2D eigenvalue weighted by atomic mass is 16.5. The van der Waals surface area contributed by atoms with Crippen LogP contribution in [0.25, 0.3) is 0 Å². The van der Waals surface area contributed by atoms with Gasteiger partial charge in [-0.3, -0.25) is 4.79 Å². The number of aromatic nitrogens is 4. The number of fused-ring (bicyclic) bond motifs is 1. The van der Waals surface area contributed by atoms with Crippen molar-refractivity contribution in [1.82, 2.24) is 24.6 Å². The molecule has 22 heavy (non-hydrogen) atoms. The Hall–Kier alpha value is -2.28. The molecule has 0 unspecified atom stereocenters. The summed E-state index contributed by atoms with van der Waals surface area (Å²) in [5.74, 6) is 1.52. The minimum absolute atomic E-state index is 0.0706. The number of carbonyl (C=O) groups is 1. The number of nitrogens with zero attached hydrogens (tertiary/aromatic N) is 5. The molecule has 0 spiro atoms. The number of aryl methyl sites for hydroxylation is 1. The van der Waals surface area contributed by atoms with Crippen molar-refractivity contribution >= 4 is 5.91 Å². The Bertz CT molecular complexity index is 697. The molecule has 7 heteroatoms. The predicted molar refractivity (Wildman–Crippen MR) is 79.2 cm³/mol. The predicted octanol–water partition coefficient (Wildman–Crippen LogP) is 1.34. The summed E-state index contributed by atoms with van der Waals surface area (Å²) in [5, 5.41) is 8.37. The molecule has 1 amide bonds. The molecule has 2 aromatic heterocycles. The van der Waals surface area contributed by atoms with E-state index in [1.807, 2.05) is 30.5 Å². The first-order valence-electron chi connectivity index (χ1n) is 7.27. The van der Waals surface area contributed by atoms with Gasteiger partial charge in [-0.15, -0.1) is 10.2 Å². The van der Waals surface area contributed by atoms with E-state index in [4.69, 9.17) is 4.74 Å². The second kappa shape index (κ2) is 5.84. The van der Waals surface area contributed by atoms with Crippen LogP contribution >= 0.6 is 0 Å². The lowest BCUT2D eigenvalue weighted by Gasteiger charge is -2.33. The molecular formula is C15H19N5O2. The third kappa shape index (κ3) is 2.48. The van der Waals surface area contributed by atoms with Crippen molar-refractivity contribution in [3.63, 3.8) is 0 Å². The van der Waals surface area contributed by atoms with E-state index in [1.54, 1.807) is 18.1 Å². The molecule has 2 aromatic rings. The fourth-order valence-corrected chi connectivity index (χ4v) is 2.77. The summed E-state index contributed by atoms with van der Waals surface area (Å²) < 4.78 is 7.16. The van der Waals surface area contributed by atoms with E-state index in [2.05, 4.69) is 15.2 Å². The van der Waals surface area contributed by atoms with E-state index < -0.39 is 0 Å². The monoisotopic (exact) mass is 301 g/mol. The summed E-state index contributed by atoms with van der Waals surface area (Å²) >= 11 is 0. The third-order valence-corrected chi connectivity index (χ3v) is 3.90. The summed E-state index contributed by atoms with van der Waals surface area (Å²) in [6, 6.07) is 5.34. The maximum absolute atomic E-state index is 12.7. The van der Waals surface area contributed by atoms with Crippen LogP contribution in [0.15, 0.2) is 18.2 Å². The Balaban J connectivity index is 1.86. The van der Waals surface area contributed by atoms with Crippen LogP contribution in [0, 0.1) is 6.92 Å². The molecule has 3 rings (SSSR count). The summed E-state index contributed by atoms with van der Waals surface area (Å²) in [4.78, 5) is 18.8. The molecule has 3 heterocycles. The van der Waals surface area contributed by atoms with Gasteiger partial charge in [-0.05, 0) is 26.0 Å². The minimum Gasteiger partial charge on any atom is -0.377 e. The van der Waals surface area contributed by atoms with Gasteiger partial charge in [0.2, 0.25) is 0 Å². The zero-order valence-corrected chi connectivity index (χ0v) is 13.0. The highest BCUT2D eigenvalue weighted by Gasteiger charge is 2.32. The van der Waals surface area contributed by atoms with Crippen molar-refractivity contribution in [3.05, 3.63) is 41.2 Å². The van der Waals surface area contributed by atoms with E-state index in [0.717, 1.165) is 17.3 Å². The molecule has 0 saturated heterocycles. The summed E-state index contributed by atoms with van der Waals surface area (Å²) in [6.45, 7) is 5.54. The molecule has 116 valence electrons. The van der Waals surface area contributed by atoms with Crippen LogP contribution in [0.4, 0.5) is 0 Å². The zero-order chi connectivity index (χ0) is 15.7. The van der Waals surface area contributed by atoms with Gasteiger partial charge in [-0.1, -0.05) is 6.07 Å². The van der Waals surface area contributed by atoms with Gasteiger partial charge in [0.15, 0.2) is 11.6 Å². The first-order chi connectivity index (χ1) is 10.6. The van der Waals surface area contributed by atoms with Gasteiger partial charge >= 0.3 is 0 Å². The molecule has 7 nitrogen and oxygen atoms in total. The lowest BCUT2D eigenvalue weighted by molar-refractivity contribution is 0.0626. The number of pyridine rings is 1. The number of hydrogen-bond donors (Lipinski definition) is 0. The second-order valence-electron chi connectivity index (χ2n) is 5.40. The van der Waals surface area contributed by atoms with E-state index in [9.17, 15) is 4.79 Å².